The molecule has 1 aliphatic heterocycles. The lowest BCUT2D eigenvalue weighted by Gasteiger charge is -2.14. The van der Waals surface area contributed by atoms with Crippen LogP contribution >= 0.6 is 0 Å². The highest BCUT2D eigenvalue weighted by Crippen LogP contribution is 2.19. The van der Waals surface area contributed by atoms with Gasteiger partial charge in [0.15, 0.2) is 5.82 Å². The van der Waals surface area contributed by atoms with Crippen molar-refractivity contribution in [3.05, 3.63) is 65.4 Å². The lowest BCUT2D eigenvalue weighted by Crippen LogP contribution is -2.36. The van der Waals surface area contributed by atoms with Gasteiger partial charge in [-0.15, -0.1) is 0 Å². The smallest absolute Gasteiger partial charge is 0.270 e. The molecule has 1 saturated heterocycles. The highest BCUT2D eigenvalue weighted by Gasteiger charge is 2.20. The predicted octanol–water partition coefficient (Wildman–Crippen LogP) is 2.10. The predicted molar refractivity (Wildman–Crippen MR) is 118 cm³/mol. The average molecular weight is 419 g/mol. The first-order valence-corrected chi connectivity index (χ1v) is 10.3. The molecule has 0 saturated carbocycles. The van der Waals surface area contributed by atoms with Crippen LogP contribution in [0.2, 0.25) is 0 Å². The van der Waals surface area contributed by atoms with Gasteiger partial charge in [0.05, 0.1) is 18.4 Å². The summed E-state index contributed by atoms with van der Waals surface area (Å²) in [5.74, 6) is 1.04. The Balaban J connectivity index is 1.42. The van der Waals surface area contributed by atoms with Crippen LogP contribution in [0.15, 0.2) is 42.7 Å². The van der Waals surface area contributed by atoms with Gasteiger partial charge >= 0.3 is 0 Å². The topological polar surface area (TPSA) is 117 Å². The molecule has 3 aromatic heterocycles. The second kappa shape index (κ2) is 9.15. The zero-order chi connectivity index (χ0) is 21.8. The van der Waals surface area contributed by atoms with Crippen molar-refractivity contribution >= 4 is 11.7 Å². The number of carbonyl (C=O) groups excluding carboxylic acids is 1. The van der Waals surface area contributed by atoms with Gasteiger partial charge in [-0.2, -0.15) is 0 Å². The maximum absolute atomic E-state index is 12.4. The lowest BCUT2D eigenvalue weighted by molar-refractivity contribution is 0.0945. The van der Waals surface area contributed by atoms with E-state index in [0.717, 1.165) is 34.8 Å². The van der Waals surface area contributed by atoms with E-state index in [-0.39, 0.29) is 12.1 Å². The molecule has 0 spiro atoms. The maximum Gasteiger partial charge on any atom is 0.270 e. The Morgan fingerprint density at radius 1 is 1.10 bits per heavy atom. The Morgan fingerprint density at radius 3 is 2.65 bits per heavy atom. The van der Waals surface area contributed by atoms with Crippen LogP contribution in [0.4, 0.5) is 5.82 Å². The Morgan fingerprint density at radius 2 is 1.97 bits per heavy atom. The summed E-state index contributed by atoms with van der Waals surface area (Å²) in [6, 6.07) is 9.64. The molecule has 1 fully saturated rings. The molecular weight excluding hydrogens is 392 g/mol. The minimum atomic E-state index is -0.254. The van der Waals surface area contributed by atoms with Crippen molar-refractivity contribution in [1.82, 2.24) is 36.1 Å². The third kappa shape index (κ3) is 5.39. The molecule has 31 heavy (non-hydrogen) atoms. The van der Waals surface area contributed by atoms with E-state index in [1.54, 1.807) is 18.5 Å². The van der Waals surface area contributed by atoms with E-state index in [1.165, 1.54) is 0 Å². The zero-order valence-corrected chi connectivity index (χ0v) is 17.8. The van der Waals surface area contributed by atoms with Crippen molar-refractivity contribution in [3.8, 4) is 11.4 Å². The third-order valence-electron chi connectivity index (χ3n) is 4.93. The van der Waals surface area contributed by atoms with E-state index in [4.69, 9.17) is 0 Å². The molecule has 0 radical (unpaired) electrons. The molecule has 4 N–H and O–H groups in total. The van der Waals surface area contributed by atoms with Gasteiger partial charge in [0, 0.05) is 35.8 Å². The van der Waals surface area contributed by atoms with Gasteiger partial charge in [0.1, 0.15) is 11.5 Å². The zero-order valence-electron chi connectivity index (χ0n) is 17.8. The van der Waals surface area contributed by atoms with Crippen molar-refractivity contribution in [3.63, 3.8) is 0 Å². The molecule has 2 atom stereocenters. The number of hydrazine groups is 1. The van der Waals surface area contributed by atoms with Gasteiger partial charge in [-0.25, -0.2) is 15.4 Å². The normalized spacial score (nSPS) is 18.0. The molecule has 3 aromatic rings. The lowest BCUT2D eigenvalue weighted by atomic mass is 10.2. The highest BCUT2D eigenvalue weighted by atomic mass is 16.1. The number of hydrogen-bond acceptors (Lipinski definition) is 8. The number of hydrogen-bond donors (Lipinski definition) is 4. The van der Waals surface area contributed by atoms with Crippen LogP contribution < -0.4 is 21.5 Å². The Kier molecular flexibility index (Phi) is 6.15. The summed E-state index contributed by atoms with van der Waals surface area (Å²) >= 11 is 0. The molecule has 9 heteroatoms. The molecule has 4 heterocycles. The Bertz CT molecular complexity index is 1050. The van der Waals surface area contributed by atoms with E-state index in [0.29, 0.717) is 24.1 Å². The molecular formula is C22H26N8O. The number of nitrogens with one attached hydrogen (secondary N) is 4. The summed E-state index contributed by atoms with van der Waals surface area (Å²) < 4.78 is 0. The van der Waals surface area contributed by atoms with Crippen molar-refractivity contribution in [2.45, 2.75) is 45.9 Å². The van der Waals surface area contributed by atoms with Crippen molar-refractivity contribution in [2.75, 3.05) is 5.32 Å². The van der Waals surface area contributed by atoms with E-state index in [9.17, 15) is 4.79 Å². The van der Waals surface area contributed by atoms with E-state index in [1.807, 2.05) is 38.1 Å². The monoisotopic (exact) mass is 418 g/mol. The number of aromatic nitrogens is 4. The molecule has 2 unspecified atom stereocenters. The highest BCUT2D eigenvalue weighted by molar-refractivity contribution is 5.92. The van der Waals surface area contributed by atoms with Crippen molar-refractivity contribution < 1.29 is 4.79 Å². The number of pyridine rings is 2. The number of amides is 1. The quantitative estimate of drug-likeness (QED) is 0.481. The first-order valence-electron chi connectivity index (χ1n) is 10.3. The number of carbonyl (C=O) groups is 1. The van der Waals surface area contributed by atoms with Crippen LogP contribution in [-0.2, 0) is 6.54 Å². The van der Waals surface area contributed by atoms with Crippen LogP contribution in [-0.4, -0.2) is 38.1 Å². The van der Waals surface area contributed by atoms with Gasteiger partial charge in [0.2, 0.25) is 0 Å². The molecule has 1 amide bonds. The molecule has 0 aliphatic carbocycles. The second-order valence-corrected chi connectivity index (χ2v) is 7.78. The van der Waals surface area contributed by atoms with Gasteiger partial charge < -0.3 is 10.6 Å². The average Bonchev–Trinajstić information content (AvgIpc) is 3.17. The SMILES string of the molecule is Cc1ccc(CNC(=O)c2ccc(-c3nc(C)cc(NC4CC(C)NN4)n3)cn2)nc1. The van der Waals surface area contributed by atoms with E-state index in [2.05, 4.69) is 48.3 Å². The van der Waals surface area contributed by atoms with Gasteiger partial charge in [-0.05, 0) is 51.0 Å². The largest absolute Gasteiger partial charge is 0.353 e. The standard InChI is InChI=1S/C22H26N8O/c1-13-4-6-17(23-10-13)12-25-22(31)18-7-5-16(11-24-18)21-26-14(2)8-19(28-21)27-20-9-15(3)29-30-20/h4-8,10-11,15,20,29-30H,9,12H2,1-3H3,(H,25,31)(H,26,27,28). The third-order valence-corrected chi connectivity index (χ3v) is 4.93. The summed E-state index contributed by atoms with van der Waals surface area (Å²) in [5.41, 5.74) is 10.2. The summed E-state index contributed by atoms with van der Waals surface area (Å²) in [5, 5.41) is 6.21. The first-order chi connectivity index (χ1) is 15.0. The summed E-state index contributed by atoms with van der Waals surface area (Å²) in [7, 11) is 0. The fourth-order valence-electron chi connectivity index (χ4n) is 3.28. The van der Waals surface area contributed by atoms with Crippen LogP contribution in [0, 0.1) is 13.8 Å². The van der Waals surface area contributed by atoms with Crippen molar-refractivity contribution in [2.24, 2.45) is 0 Å². The van der Waals surface area contributed by atoms with Crippen LogP contribution in [0.3, 0.4) is 0 Å². The summed E-state index contributed by atoms with van der Waals surface area (Å²) in [6.45, 7) is 6.36. The van der Waals surface area contributed by atoms with Crippen LogP contribution in [0.5, 0.6) is 0 Å². The Labute approximate surface area is 181 Å². The molecule has 160 valence electrons. The van der Waals surface area contributed by atoms with Crippen LogP contribution in [0.25, 0.3) is 11.4 Å². The van der Waals surface area contributed by atoms with Crippen LogP contribution in [0.1, 0.15) is 40.8 Å². The fourth-order valence-corrected chi connectivity index (χ4v) is 3.28. The first kappa shape index (κ1) is 20.8. The second-order valence-electron chi connectivity index (χ2n) is 7.78. The molecule has 1 aliphatic rings. The van der Waals surface area contributed by atoms with Crippen molar-refractivity contribution in [1.29, 1.82) is 0 Å². The molecule has 0 aromatic carbocycles. The fraction of sp³-hybridized carbons (Fsp3) is 0.318. The minimum absolute atomic E-state index is 0.101. The maximum atomic E-state index is 12.4. The number of anilines is 1. The number of aryl methyl sites for hydroxylation is 2. The van der Waals surface area contributed by atoms with Gasteiger partial charge in [-0.1, -0.05) is 6.07 Å². The Hall–Kier alpha value is -3.43. The minimum Gasteiger partial charge on any atom is -0.353 e. The van der Waals surface area contributed by atoms with Gasteiger partial charge in [0.25, 0.3) is 5.91 Å². The summed E-state index contributed by atoms with van der Waals surface area (Å²) in [4.78, 5) is 30.1. The number of nitrogens with zero attached hydrogens (tertiary/aromatic N) is 4. The molecule has 0 bridgehead atoms. The molecule has 4 rings (SSSR count). The number of rotatable bonds is 6. The summed E-state index contributed by atoms with van der Waals surface area (Å²) in [6.07, 6.45) is 4.44. The van der Waals surface area contributed by atoms with E-state index < -0.39 is 0 Å². The molecule has 9 nitrogen and oxygen atoms in total. The van der Waals surface area contributed by atoms with E-state index >= 15 is 0 Å². The van der Waals surface area contributed by atoms with Gasteiger partial charge in [-0.3, -0.25) is 20.2 Å².